The molecule has 0 atom stereocenters. The molecule has 0 aliphatic carbocycles. The first-order valence-electron chi connectivity index (χ1n) is 7.45. The number of amides is 1. The van der Waals surface area contributed by atoms with E-state index < -0.39 is 0 Å². The molecular formula is C15H22N4O. The Hall–Kier alpha value is -1.75. The highest BCUT2D eigenvalue weighted by Crippen LogP contribution is 2.25. The van der Waals surface area contributed by atoms with Gasteiger partial charge < -0.3 is 20.9 Å². The second-order valence-corrected chi connectivity index (χ2v) is 5.42. The van der Waals surface area contributed by atoms with E-state index in [1.54, 1.807) is 0 Å². The third-order valence-corrected chi connectivity index (χ3v) is 3.95. The molecule has 1 aromatic rings. The molecule has 2 aliphatic heterocycles. The average Bonchev–Trinajstić information content (AvgIpc) is 3.00. The fourth-order valence-corrected chi connectivity index (χ4v) is 2.82. The molecule has 0 aromatic heterocycles. The Balaban J connectivity index is 1.53. The van der Waals surface area contributed by atoms with E-state index in [1.807, 2.05) is 18.2 Å². The molecule has 5 heteroatoms. The van der Waals surface area contributed by atoms with Crippen LogP contribution in [0.2, 0.25) is 0 Å². The number of benzene rings is 1. The lowest BCUT2D eigenvalue weighted by Crippen LogP contribution is -2.33. The summed E-state index contributed by atoms with van der Waals surface area (Å²) in [6.45, 7) is 5.84. The van der Waals surface area contributed by atoms with Crippen molar-refractivity contribution in [2.24, 2.45) is 0 Å². The predicted molar refractivity (Wildman–Crippen MR) is 81.4 cm³/mol. The Labute approximate surface area is 119 Å². The van der Waals surface area contributed by atoms with Gasteiger partial charge in [0, 0.05) is 31.7 Å². The molecule has 20 heavy (non-hydrogen) atoms. The van der Waals surface area contributed by atoms with E-state index >= 15 is 0 Å². The number of carbonyl (C=O) groups excluding carboxylic acids is 1. The maximum absolute atomic E-state index is 12.1. The molecule has 1 amide bonds. The molecule has 3 N–H and O–H groups in total. The van der Waals surface area contributed by atoms with Crippen molar-refractivity contribution in [3.63, 3.8) is 0 Å². The van der Waals surface area contributed by atoms with Gasteiger partial charge in [0.25, 0.3) is 5.91 Å². The normalized spacial score (nSPS) is 18.0. The van der Waals surface area contributed by atoms with E-state index in [-0.39, 0.29) is 5.91 Å². The predicted octanol–water partition coefficient (Wildman–Crippen LogP) is 1.35. The standard InChI is InChI=1S/C15H22N4O/c20-15(18-7-10-19-8-1-2-9-19)12-3-4-13-14(11-12)17-6-5-16-13/h3-4,11,16-17H,1-2,5-10H2,(H,18,20). The van der Waals surface area contributed by atoms with Crippen LogP contribution in [0.3, 0.4) is 0 Å². The van der Waals surface area contributed by atoms with Crippen LogP contribution < -0.4 is 16.0 Å². The lowest BCUT2D eigenvalue weighted by atomic mass is 10.1. The van der Waals surface area contributed by atoms with Crippen LogP contribution in [0.4, 0.5) is 11.4 Å². The van der Waals surface area contributed by atoms with Crippen molar-refractivity contribution in [3.8, 4) is 0 Å². The highest BCUT2D eigenvalue weighted by Gasteiger charge is 2.13. The summed E-state index contributed by atoms with van der Waals surface area (Å²) in [6.07, 6.45) is 2.58. The quantitative estimate of drug-likeness (QED) is 0.776. The number of nitrogens with one attached hydrogen (secondary N) is 3. The van der Waals surface area contributed by atoms with Crippen molar-refractivity contribution < 1.29 is 4.79 Å². The molecule has 0 radical (unpaired) electrons. The molecule has 0 bridgehead atoms. The number of carbonyl (C=O) groups is 1. The summed E-state index contributed by atoms with van der Waals surface area (Å²) in [7, 11) is 0. The van der Waals surface area contributed by atoms with Gasteiger partial charge >= 0.3 is 0 Å². The maximum Gasteiger partial charge on any atom is 0.251 e. The fourth-order valence-electron chi connectivity index (χ4n) is 2.82. The third kappa shape index (κ3) is 3.04. The molecule has 0 unspecified atom stereocenters. The number of rotatable bonds is 4. The van der Waals surface area contributed by atoms with Crippen LogP contribution in [-0.4, -0.2) is 50.1 Å². The van der Waals surface area contributed by atoms with Gasteiger partial charge in [-0.3, -0.25) is 4.79 Å². The number of fused-ring (bicyclic) bond motifs is 1. The molecular weight excluding hydrogens is 252 g/mol. The van der Waals surface area contributed by atoms with Crippen LogP contribution in [-0.2, 0) is 0 Å². The van der Waals surface area contributed by atoms with Gasteiger partial charge in [-0.25, -0.2) is 0 Å². The van der Waals surface area contributed by atoms with E-state index in [9.17, 15) is 4.79 Å². The molecule has 1 fully saturated rings. The molecule has 0 saturated carbocycles. The van der Waals surface area contributed by atoms with Crippen LogP contribution in [0.1, 0.15) is 23.2 Å². The zero-order valence-electron chi connectivity index (χ0n) is 11.7. The minimum Gasteiger partial charge on any atom is -0.382 e. The minimum absolute atomic E-state index is 0.0133. The second kappa shape index (κ2) is 6.13. The Morgan fingerprint density at radius 2 is 1.90 bits per heavy atom. The zero-order chi connectivity index (χ0) is 13.8. The van der Waals surface area contributed by atoms with Crippen molar-refractivity contribution >= 4 is 17.3 Å². The maximum atomic E-state index is 12.1. The minimum atomic E-state index is 0.0133. The summed E-state index contributed by atoms with van der Waals surface area (Å²) in [5, 5.41) is 9.62. The SMILES string of the molecule is O=C(NCCN1CCCC1)c1ccc2c(c1)NCCN2. The van der Waals surface area contributed by atoms with Gasteiger partial charge in [0.2, 0.25) is 0 Å². The van der Waals surface area contributed by atoms with Crippen LogP contribution in [0.25, 0.3) is 0 Å². The highest BCUT2D eigenvalue weighted by atomic mass is 16.1. The van der Waals surface area contributed by atoms with Gasteiger partial charge in [0.15, 0.2) is 0 Å². The lowest BCUT2D eigenvalue weighted by Gasteiger charge is -2.20. The van der Waals surface area contributed by atoms with Gasteiger partial charge in [-0.2, -0.15) is 0 Å². The Bertz CT molecular complexity index is 483. The number of likely N-dealkylation sites (tertiary alicyclic amines) is 1. The first kappa shape index (κ1) is 13.2. The van der Waals surface area contributed by atoms with E-state index in [0.29, 0.717) is 0 Å². The Morgan fingerprint density at radius 1 is 1.15 bits per heavy atom. The largest absolute Gasteiger partial charge is 0.382 e. The van der Waals surface area contributed by atoms with Gasteiger partial charge in [-0.15, -0.1) is 0 Å². The van der Waals surface area contributed by atoms with Gasteiger partial charge in [0.05, 0.1) is 11.4 Å². The van der Waals surface area contributed by atoms with E-state index in [2.05, 4.69) is 20.9 Å². The fraction of sp³-hybridized carbons (Fsp3) is 0.533. The van der Waals surface area contributed by atoms with E-state index in [4.69, 9.17) is 0 Å². The molecule has 108 valence electrons. The lowest BCUT2D eigenvalue weighted by molar-refractivity contribution is 0.0950. The van der Waals surface area contributed by atoms with Crippen molar-refractivity contribution in [3.05, 3.63) is 23.8 Å². The van der Waals surface area contributed by atoms with Crippen molar-refractivity contribution in [1.82, 2.24) is 10.2 Å². The van der Waals surface area contributed by atoms with Crippen molar-refractivity contribution in [2.45, 2.75) is 12.8 Å². The summed E-state index contributed by atoms with van der Waals surface area (Å²) in [4.78, 5) is 14.5. The number of hydrogen-bond donors (Lipinski definition) is 3. The highest BCUT2D eigenvalue weighted by molar-refractivity contribution is 5.96. The Kier molecular flexibility index (Phi) is 4.06. The summed E-state index contributed by atoms with van der Waals surface area (Å²) in [5.74, 6) is 0.0133. The Morgan fingerprint density at radius 3 is 2.70 bits per heavy atom. The van der Waals surface area contributed by atoms with Crippen LogP contribution in [0.5, 0.6) is 0 Å². The first-order valence-corrected chi connectivity index (χ1v) is 7.45. The summed E-state index contributed by atoms with van der Waals surface area (Å²) < 4.78 is 0. The van der Waals surface area contributed by atoms with Gasteiger partial charge in [-0.1, -0.05) is 0 Å². The molecule has 2 aliphatic rings. The van der Waals surface area contributed by atoms with E-state index in [0.717, 1.165) is 43.1 Å². The number of hydrogen-bond acceptors (Lipinski definition) is 4. The van der Waals surface area contributed by atoms with Crippen molar-refractivity contribution in [2.75, 3.05) is 49.9 Å². The molecule has 0 spiro atoms. The monoisotopic (exact) mass is 274 g/mol. The molecule has 1 saturated heterocycles. The topological polar surface area (TPSA) is 56.4 Å². The molecule has 1 aromatic carbocycles. The second-order valence-electron chi connectivity index (χ2n) is 5.42. The summed E-state index contributed by atoms with van der Waals surface area (Å²) in [5.41, 5.74) is 2.81. The average molecular weight is 274 g/mol. The molecule has 5 nitrogen and oxygen atoms in total. The summed E-state index contributed by atoms with van der Waals surface area (Å²) >= 11 is 0. The van der Waals surface area contributed by atoms with Crippen LogP contribution in [0.15, 0.2) is 18.2 Å². The molecule has 3 rings (SSSR count). The van der Waals surface area contributed by atoms with Gasteiger partial charge in [-0.05, 0) is 44.1 Å². The smallest absolute Gasteiger partial charge is 0.251 e. The zero-order valence-corrected chi connectivity index (χ0v) is 11.7. The number of nitrogens with zero attached hydrogens (tertiary/aromatic N) is 1. The first-order chi connectivity index (χ1) is 9.83. The summed E-state index contributed by atoms with van der Waals surface area (Å²) in [6, 6.07) is 5.77. The molecule has 2 heterocycles. The van der Waals surface area contributed by atoms with Gasteiger partial charge in [0.1, 0.15) is 0 Å². The van der Waals surface area contributed by atoms with E-state index in [1.165, 1.54) is 25.9 Å². The van der Waals surface area contributed by atoms with Crippen LogP contribution in [0, 0.1) is 0 Å². The van der Waals surface area contributed by atoms with Crippen molar-refractivity contribution in [1.29, 1.82) is 0 Å². The van der Waals surface area contributed by atoms with Crippen LogP contribution >= 0.6 is 0 Å². The number of anilines is 2. The third-order valence-electron chi connectivity index (χ3n) is 3.95.